The molecule has 1 heterocycles. The Morgan fingerprint density at radius 2 is 1.63 bits per heavy atom. The van der Waals surface area contributed by atoms with Crippen LogP contribution < -0.4 is 5.32 Å². The minimum atomic E-state index is -0.807. The van der Waals surface area contributed by atoms with Crippen LogP contribution in [0.3, 0.4) is 0 Å². The maximum Gasteiger partial charge on any atom is 0.333 e. The number of rotatable bonds is 13. The molecule has 0 aromatic heterocycles. The molecular weight excluding hydrogens is 392 g/mol. The van der Waals surface area contributed by atoms with Crippen LogP contribution in [0.15, 0.2) is 0 Å². The highest BCUT2D eigenvalue weighted by Crippen LogP contribution is 2.19. The minimum absolute atomic E-state index is 0.0255. The fourth-order valence-electron chi connectivity index (χ4n) is 2.57. The van der Waals surface area contributed by atoms with E-state index in [4.69, 9.17) is 20.7 Å². The Morgan fingerprint density at radius 3 is 2.23 bits per heavy atom. The minimum Gasteiger partial charge on any atom is -0.374 e. The summed E-state index contributed by atoms with van der Waals surface area (Å²) in [5, 5.41) is 3.11. The average Bonchev–Trinajstić information content (AvgIpc) is 2.95. The van der Waals surface area contributed by atoms with Crippen LogP contribution in [0.2, 0.25) is 0 Å². The topological polar surface area (TPSA) is 111 Å². The van der Waals surface area contributed by atoms with Crippen LogP contribution in [0, 0.1) is 12.3 Å². The number of nitrogens with one attached hydrogen (secondary N) is 1. The van der Waals surface area contributed by atoms with Gasteiger partial charge in [0.1, 0.15) is 0 Å². The van der Waals surface area contributed by atoms with E-state index in [9.17, 15) is 19.2 Å². The number of imide groups is 1. The van der Waals surface area contributed by atoms with E-state index in [1.54, 1.807) is 0 Å². The predicted molar refractivity (Wildman–Crippen MR) is 108 cm³/mol. The molecule has 0 aromatic carbocycles. The average molecular weight is 424 g/mol. The fourth-order valence-corrected chi connectivity index (χ4v) is 2.57. The standard InChI is InChI=1S/C21H32N2O7/c1-6-11-20(2,3)28-14-12-21(4,5)29-15-13-22-16(24)7-10-19(27)30-23-17(25)8-9-18(23)26/h1H,7-15H2,2-5H3,(H,22,24). The SMILES string of the molecule is C#CCC(C)(C)OCCC(C)(C)OCCNC(=O)CCC(=O)ON1C(=O)CCC1=O. The van der Waals surface area contributed by atoms with Crippen molar-refractivity contribution < 1.29 is 33.5 Å². The van der Waals surface area contributed by atoms with Crippen LogP contribution >= 0.6 is 0 Å². The fraction of sp³-hybridized carbons (Fsp3) is 0.714. The molecule has 0 saturated carbocycles. The molecule has 1 N–H and O–H groups in total. The van der Waals surface area contributed by atoms with Gasteiger partial charge in [0, 0.05) is 32.2 Å². The van der Waals surface area contributed by atoms with Gasteiger partial charge in [-0.25, -0.2) is 4.79 Å². The summed E-state index contributed by atoms with van der Waals surface area (Å²) < 4.78 is 11.6. The van der Waals surface area contributed by atoms with Crippen molar-refractivity contribution in [1.82, 2.24) is 10.4 Å². The van der Waals surface area contributed by atoms with Gasteiger partial charge in [-0.15, -0.1) is 17.4 Å². The first-order valence-electron chi connectivity index (χ1n) is 10.0. The Bertz CT molecular complexity index is 663. The lowest BCUT2D eigenvalue weighted by atomic mass is 10.0. The summed E-state index contributed by atoms with van der Waals surface area (Å²) in [6.45, 7) is 8.82. The van der Waals surface area contributed by atoms with Gasteiger partial charge in [0.25, 0.3) is 11.8 Å². The third-order valence-electron chi connectivity index (χ3n) is 4.40. The summed E-state index contributed by atoms with van der Waals surface area (Å²) in [4.78, 5) is 51.0. The molecule has 0 aliphatic carbocycles. The third-order valence-corrected chi connectivity index (χ3v) is 4.40. The van der Waals surface area contributed by atoms with E-state index in [1.807, 2.05) is 27.7 Å². The van der Waals surface area contributed by atoms with Crippen LogP contribution in [0.5, 0.6) is 0 Å². The van der Waals surface area contributed by atoms with Crippen molar-refractivity contribution >= 4 is 23.7 Å². The molecule has 9 nitrogen and oxygen atoms in total. The normalized spacial score (nSPS) is 14.6. The molecule has 0 atom stereocenters. The van der Waals surface area contributed by atoms with Crippen LogP contribution in [-0.4, -0.2) is 59.7 Å². The highest BCUT2D eigenvalue weighted by Gasteiger charge is 2.32. The van der Waals surface area contributed by atoms with E-state index in [-0.39, 0.29) is 43.7 Å². The van der Waals surface area contributed by atoms with E-state index in [0.29, 0.717) is 31.1 Å². The summed E-state index contributed by atoms with van der Waals surface area (Å²) in [6.07, 6.45) is 6.21. The third kappa shape index (κ3) is 9.85. The van der Waals surface area contributed by atoms with Gasteiger partial charge in [0.2, 0.25) is 5.91 Å². The van der Waals surface area contributed by atoms with Crippen LogP contribution in [-0.2, 0) is 33.5 Å². The maximum atomic E-state index is 11.8. The highest BCUT2D eigenvalue weighted by atomic mass is 16.7. The molecule has 30 heavy (non-hydrogen) atoms. The summed E-state index contributed by atoms with van der Waals surface area (Å²) in [5.41, 5.74) is -0.815. The second kappa shape index (κ2) is 11.7. The van der Waals surface area contributed by atoms with Crippen molar-refractivity contribution in [2.45, 2.75) is 77.4 Å². The van der Waals surface area contributed by atoms with Crippen molar-refractivity contribution in [3.63, 3.8) is 0 Å². The van der Waals surface area contributed by atoms with E-state index >= 15 is 0 Å². The first kappa shape index (κ1) is 25.6. The van der Waals surface area contributed by atoms with Crippen LogP contribution in [0.4, 0.5) is 0 Å². The lowest BCUT2D eigenvalue weighted by Crippen LogP contribution is -2.35. The van der Waals surface area contributed by atoms with Crippen LogP contribution in [0.1, 0.15) is 66.2 Å². The number of hydrogen-bond donors (Lipinski definition) is 1. The first-order valence-corrected chi connectivity index (χ1v) is 10.0. The Kier molecular flexibility index (Phi) is 9.96. The number of carbonyl (C=O) groups is 4. The quantitative estimate of drug-likeness (QED) is 0.271. The summed E-state index contributed by atoms with van der Waals surface area (Å²) in [7, 11) is 0. The van der Waals surface area contributed by atoms with Gasteiger partial charge in [-0.3, -0.25) is 14.4 Å². The molecule has 1 fully saturated rings. The Hall–Kier alpha value is -2.44. The number of nitrogens with zero attached hydrogens (tertiary/aromatic N) is 1. The molecule has 0 aromatic rings. The van der Waals surface area contributed by atoms with E-state index < -0.39 is 23.4 Å². The molecule has 9 heteroatoms. The zero-order valence-electron chi connectivity index (χ0n) is 18.2. The van der Waals surface area contributed by atoms with Gasteiger partial charge in [-0.05, 0) is 34.1 Å². The van der Waals surface area contributed by atoms with Gasteiger partial charge in [-0.1, -0.05) is 0 Å². The number of ether oxygens (including phenoxy) is 2. The van der Waals surface area contributed by atoms with Crippen molar-refractivity contribution in [1.29, 1.82) is 0 Å². The number of carbonyl (C=O) groups excluding carboxylic acids is 4. The number of hydrogen-bond acceptors (Lipinski definition) is 7. The molecule has 168 valence electrons. The molecule has 1 rings (SSSR count). The molecular formula is C21H32N2O7. The summed E-state index contributed by atoms with van der Waals surface area (Å²) in [5.74, 6) is 0.322. The lowest BCUT2D eigenvalue weighted by molar-refractivity contribution is -0.197. The summed E-state index contributed by atoms with van der Waals surface area (Å²) >= 11 is 0. The van der Waals surface area contributed by atoms with Crippen molar-refractivity contribution in [2.24, 2.45) is 0 Å². The highest BCUT2D eigenvalue weighted by molar-refractivity contribution is 6.01. The zero-order valence-corrected chi connectivity index (χ0v) is 18.2. The molecule has 0 spiro atoms. The maximum absolute atomic E-state index is 11.8. The number of amides is 3. The molecule has 3 amide bonds. The van der Waals surface area contributed by atoms with Crippen LogP contribution in [0.25, 0.3) is 0 Å². The molecule has 0 unspecified atom stereocenters. The van der Waals surface area contributed by atoms with Crippen molar-refractivity contribution in [3.05, 3.63) is 0 Å². The second-order valence-electron chi connectivity index (χ2n) is 8.24. The lowest BCUT2D eigenvalue weighted by Gasteiger charge is -2.29. The van der Waals surface area contributed by atoms with E-state index in [1.165, 1.54) is 0 Å². The molecule has 0 bridgehead atoms. The van der Waals surface area contributed by atoms with Gasteiger partial charge in [-0.2, -0.15) is 0 Å². The van der Waals surface area contributed by atoms with Crippen molar-refractivity contribution in [2.75, 3.05) is 19.8 Å². The Labute approximate surface area is 177 Å². The molecule has 0 radical (unpaired) electrons. The second-order valence-corrected chi connectivity index (χ2v) is 8.24. The van der Waals surface area contributed by atoms with E-state index in [0.717, 1.165) is 0 Å². The summed E-state index contributed by atoms with van der Waals surface area (Å²) in [6, 6.07) is 0. The van der Waals surface area contributed by atoms with E-state index in [2.05, 4.69) is 11.2 Å². The Morgan fingerprint density at radius 1 is 1.03 bits per heavy atom. The van der Waals surface area contributed by atoms with Gasteiger partial charge >= 0.3 is 5.97 Å². The van der Waals surface area contributed by atoms with Gasteiger partial charge in [0.05, 0.1) is 30.8 Å². The van der Waals surface area contributed by atoms with Gasteiger partial charge in [0.15, 0.2) is 0 Å². The monoisotopic (exact) mass is 424 g/mol. The number of hydroxylamine groups is 2. The smallest absolute Gasteiger partial charge is 0.333 e. The first-order chi connectivity index (χ1) is 14.0. The van der Waals surface area contributed by atoms with Crippen molar-refractivity contribution in [3.8, 4) is 12.3 Å². The Balaban J connectivity index is 2.17. The molecule has 1 saturated heterocycles. The van der Waals surface area contributed by atoms with Gasteiger partial charge < -0.3 is 19.6 Å². The predicted octanol–water partition coefficient (Wildman–Crippen LogP) is 1.49. The molecule has 1 aliphatic rings. The zero-order chi connectivity index (χ0) is 22.8. The largest absolute Gasteiger partial charge is 0.374 e. The molecule has 1 aliphatic heterocycles. The number of terminal acetylenes is 1.